The summed E-state index contributed by atoms with van der Waals surface area (Å²) in [7, 11) is 0. The lowest BCUT2D eigenvalue weighted by Crippen LogP contribution is -2.29. The Kier molecular flexibility index (Phi) is 5.92. The zero-order chi connectivity index (χ0) is 21.0. The highest BCUT2D eigenvalue weighted by Gasteiger charge is 2.23. The molecule has 0 aliphatic carbocycles. The molecule has 0 spiro atoms. The summed E-state index contributed by atoms with van der Waals surface area (Å²) in [6.45, 7) is 3.94. The van der Waals surface area contributed by atoms with E-state index in [1.807, 2.05) is 6.92 Å². The van der Waals surface area contributed by atoms with E-state index in [-0.39, 0.29) is 11.8 Å². The summed E-state index contributed by atoms with van der Waals surface area (Å²) < 4.78 is 0. The first-order valence-electron chi connectivity index (χ1n) is 9.24. The average Bonchev–Trinajstić information content (AvgIpc) is 3.08. The Morgan fingerprint density at radius 3 is 1.93 bits per heavy atom. The first-order chi connectivity index (χ1) is 13.8. The number of carbonyl (C=O) groups excluding carboxylic acids is 4. The first-order valence-corrected chi connectivity index (χ1v) is 9.24. The largest absolute Gasteiger partial charge is 0.326 e. The monoisotopic (exact) mass is 394 g/mol. The van der Waals surface area contributed by atoms with Crippen molar-refractivity contribution < 1.29 is 19.2 Å². The third-order valence-electron chi connectivity index (χ3n) is 4.49. The van der Waals surface area contributed by atoms with Crippen LogP contribution < -0.4 is 20.9 Å². The Hall–Kier alpha value is -3.68. The molecule has 1 saturated heterocycles. The molecule has 8 nitrogen and oxygen atoms in total. The summed E-state index contributed by atoms with van der Waals surface area (Å²) in [4.78, 5) is 49.0. The van der Waals surface area contributed by atoms with Crippen molar-refractivity contribution in [2.45, 2.75) is 26.7 Å². The second-order valence-electron chi connectivity index (χ2n) is 6.82. The molecule has 1 aliphatic rings. The van der Waals surface area contributed by atoms with Gasteiger partial charge in [0.25, 0.3) is 0 Å². The molecular formula is C21H22N4O4. The highest BCUT2D eigenvalue weighted by atomic mass is 16.2. The number of nitrogens with zero attached hydrogens (tertiary/aromatic N) is 1. The molecule has 4 amide bonds. The number of nitrogens with one attached hydrogen (secondary N) is 3. The second kappa shape index (κ2) is 8.55. The standard InChI is InChI=1S/C21H22N4O4/c1-13-12-17(9-10-18(13)25-11-3-4-19(25)27)24-21(29)20(28)23-16-7-5-15(6-8-16)22-14(2)26/h5-10,12H,3-4,11H2,1-2H3,(H,22,26)(H,23,28)(H,24,29). The fraction of sp³-hybridized carbons (Fsp3) is 0.238. The minimum absolute atomic E-state index is 0.0915. The van der Waals surface area contributed by atoms with Crippen LogP contribution in [-0.2, 0) is 19.2 Å². The third-order valence-corrected chi connectivity index (χ3v) is 4.49. The second-order valence-corrected chi connectivity index (χ2v) is 6.82. The van der Waals surface area contributed by atoms with Crippen molar-refractivity contribution in [2.24, 2.45) is 0 Å². The molecular weight excluding hydrogens is 372 g/mol. The van der Waals surface area contributed by atoms with Gasteiger partial charge in [-0.15, -0.1) is 0 Å². The van der Waals surface area contributed by atoms with Crippen molar-refractivity contribution >= 4 is 46.4 Å². The maximum absolute atomic E-state index is 12.2. The minimum atomic E-state index is -0.811. The van der Waals surface area contributed by atoms with Crippen LogP contribution in [0.25, 0.3) is 0 Å². The van der Waals surface area contributed by atoms with E-state index >= 15 is 0 Å². The van der Waals surface area contributed by atoms with E-state index in [9.17, 15) is 19.2 Å². The fourth-order valence-electron chi connectivity index (χ4n) is 3.15. The summed E-state index contributed by atoms with van der Waals surface area (Å²) >= 11 is 0. The van der Waals surface area contributed by atoms with E-state index < -0.39 is 11.8 Å². The highest BCUT2D eigenvalue weighted by molar-refractivity contribution is 6.43. The Morgan fingerprint density at radius 1 is 0.862 bits per heavy atom. The van der Waals surface area contributed by atoms with Gasteiger partial charge in [0.2, 0.25) is 11.8 Å². The van der Waals surface area contributed by atoms with Crippen molar-refractivity contribution in [2.75, 3.05) is 27.4 Å². The van der Waals surface area contributed by atoms with Crippen LogP contribution in [0.4, 0.5) is 22.7 Å². The first kappa shape index (κ1) is 20.1. The van der Waals surface area contributed by atoms with Crippen molar-refractivity contribution in [1.82, 2.24) is 0 Å². The summed E-state index contributed by atoms with van der Waals surface area (Å²) in [6.07, 6.45) is 1.38. The number of carbonyl (C=O) groups is 4. The van der Waals surface area contributed by atoms with Crippen LogP contribution in [0.3, 0.4) is 0 Å². The van der Waals surface area contributed by atoms with Gasteiger partial charge in [-0.1, -0.05) is 0 Å². The minimum Gasteiger partial charge on any atom is -0.326 e. The summed E-state index contributed by atoms with van der Waals surface area (Å²) in [5.41, 5.74) is 3.14. The number of aryl methyl sites for hydroxylation is 1. The molecule has 0 atom stereocenters. The molecule has 2 aromatic carbocycles. The molecule has 0 aromatic heterocycles. The number of amides is 4. The van der Waals surface area contributed by atoms with Gasteiger partial charge in [-0.2, -0.15) is 0 Å². The topological polar surface area (TPSA) is 108 Å². The van der Waals surface area contributed by atoms with Gasteiger partial charge in [0.1, 0.15) is 0 Å². The molecule has 1 fully saturated rings. The van der Waals surface area contributed by atoms with Crippen molar-refractivity contribution in [3.63, 3.8) is 0 Å². The SMILES string of the molecule is CC(=O)Nc1ccc(NC(=O)C(=O)Nc2ccc(N3CCCC3=O)c(C)c2)cc1. The van der Waals surface area contributed by atoms with Gasteiger partial charge < -0.3 is 20.9 Å². The number of benzene rings is 2. The van der Waals surface area contributed by atoms with E-state index in [0.29, 0.717) is 30.0 Å². The summed E-state index contributed by atoms with van der Waals surface area (Å²) in [5.74, 6) is -1.72. The van der Waals surface area contributed by atoms with E-state index in [4.69, 9.17) is 0 Å². The third kappa shape index (κ3) is 4.98. The maximum atomic E-state index is 12.2. The van der Waals surface area contributed by atoms with Crippen LogP contribution in [0.1, 0.15) is 25.3 Å². The normalized spacial score (nSPS) is 13.2. The fourth-order valence-corrected chi connectivity index (χ4v) is 3.15. The molecule has 0 radical (unpaired) electrons. The van der Waals surface area contributed by atoms with E-state index in [1.54, 1.807) is 47.4 Å². The highest BCUT2D eigenvalue weighted by Crippen LogP contribution is 2.27. The number of hydrogen-bond donors (Lipinski definition) is 3. The maximum Gasteiger partial charge on any atom is 0.314 e. The van der Waals surface area contributed by atoms with Gasteiger partial charge in [-0.3, -0.25) is 19.2 Å². The van der Waals surface area contributed by atoms with Crippen LogP contribution in [0.2, 0.25) is 0 Å². The molecule has 1 aliphatic heterocycles. The molecule has 3 N–H and O–H groups in total. The van der Waals surface area contributed by atoms with Crippen LogP contribution in [-0.4, -0.2) is 30.2 Å². The van der Waals surface area contributed by atoms with Crippen LogP contribution in [0.5, 0.6) is 0 Å². The lowest BCUT2D eigenvalue weighted by molar-refractivity contribution is -0.132. The molecule has 1 heterocycles. The van der Waals surface area contributed by atoms with E-state index in [2.05, 4.69) is 16.0 Å². The lowest BCUT2D eigenvalue weighted by atomic mass is 10.1. The zero-order valence-corrected chi connectivity index (χ0v) is 16.2. The van der Waals surface area contributed by atoms with Crippen molar-refractivity contribution in [1.29, 1.82) is 0 Å². The molecule has 2 aromatic rings. The van der Waals surface area contributed by atoms with Gasteiger partial charge in [0.05, 0.1) is 0 Å². The molecule has 0 unspecified atom stereocenters. The van der Waals surface area contributed by atoms with Crippen LogP contribution in [0.15, 0.2) is 42.5 Å². The van der Waals surface area contributed by atoms with Gasteiger partial charge >= 0.3 is 11.8 Å². The van der Waals surface area contributed by atoms with Crippen molar-refractivity contribution in [3.8, 4) is 0 Å². The van der Waals surface area contributed by atoms with Gasteiger partial charge in [0, 0.05) is 42.6 Å². The lowest BCUT2D eigenvalue weighted by Gasteiger charge is -2.19. The van der Waals surface area contributed by atoms with E-state index in [1.165, 1.54) is 6.92 Å². The van der Waals surface area contributed by atoms with Crippen LogP contribution >= 0.6 is 0 Å². The van der Waals surface area contributed by atoms with Gasteiger partial charge in [-0.25, -0.2) is 0 Å². The van der Waals surface area contributed by atoms with E-state index in [0.717, 1.165) is 17.7 Å². The summed E-state index contributed by atoms with van der Waals surface area (Å²) in [6, 6.07) is 11.6. The number of anilines is 4. The number of rotatable bonds is 4. The Bertz CT molecular complexity index is 969. The Morgan fingerprint density at radius 2 is 1.41 bits per heavy atom. The molecule has 8 heteroatoms. The quantitative estimate of drug-likeness (QED) is 0.693. The van der Waals surface area contributed by atoms with Gasteiger partial charge in [-0.05, 0) is 61.4 Å². The predicted molar refractivity (Wildman–Crippen MR) is 111 cm³/mol. The molecule has 3 rings (SSSR count). The smallest absolute Gasteiger partial charge is 0.314 e. The average molecular weight is 394 g/mol. The predicted octanol–water partition coefficient (Wildman–Crippen LogP) is 2.66. The Labute approximate surface area is 168 Å². The summed E-state index contributed by atoms with van der Waals surface area (Å²) in [5, 5.41) is 7.68. The molecule has 150 valence electrons. The zero-order valence-electron chi connectivity index (χ0n) is 16.2. The van der Waals surface area contributed by atoms with Crippen LogP contribution in [0, 0.1) is 6.92 Å². The molecule has 0 bridgehead atoms. The Balaban J connectivity index is 1.60. The van der Waals surface area contributed by atoms with Gasteiger partial charge in [0.15, 0.2) is 0 Å². The molecule has 29 heavy (non-hydrogen) atoms. The molecule has 0 saturated carbocycles. The number of hydrogen-bond acceptors (Lipinski definition) is 4. The van der Waals surface area contributed by atoms with Crippen molar-refractivity contribution in [3.05, 3.63) is 48.0 Å².